The van der Waals surface area contributed by atoms with E-state index < -0.39 is 12.0 Å². The highest BCUT2D eigenvalue weighted by Crippen LogP contribution is 2.25. The number of carbonyl (C=O) groups excluding carboxylic acids is 2. The van der Waals surface area contributed by atoms with Gasteiger partial charge in [-0.3, -0.25) is 9.59 Å². The average molecular weight is 415 g/mol. The Morgan fingerprint density at radius 3 is 1.68 bits per heavy atom. The topological polar surface area (TPSA) is 58.2 Å². The van der Waals surface area contributed by atoms with Crippen molar-refractivity contribution in [1.29, 1.82) is 0 Å². The maximum atomic E-state index is 13.5. The normalized spacial score (nSPS) is 11.9. The van der Waals surface area contributed by atoms with Crippen LogP contribution in [0.2, 0.25) is 0 Å². The number of nitrogens with one attached hydrogen (secondary N) is 2. The van der Waals surface area contributed by atoms with Gasteiger partial charge >= 0.3 is 0 Å². The molecule has 0 bridgehead atoms. The number of rotatable bonds is 9. The van der Waals surface area contributed by atoms with Crippen LogP contribution in [0, 0.1) is 5.92 Å². The van der Waals surface area contributed by atoms with Gasteiger partial charge in [-0.05, 0) is 22.6 Å². The molecule has 0 saturated carbocycles. The third-order valence-electron chi connectivity index (χ3n) is 5.13. The summed E-state index contributed by atoms with van der Waals surface area (Å²) in [5.41, 5.74) is 2.79. The molecular weight excluding hydrogens is 384 g/mol. The van der Waals surface area contributed by atoms with Gasteiger partial charge in [-0.25, -0.2) is 0 Å². The lowest BCUT2D eigenvalue weighted by molar-refractivity contribution is -0.129. The van der Waals surface area contributed by atoms with Crippen molar-refractivity contribution in [1.82, 2.24) is 10.6 Å². The molecule has 0 radical (unpaired) electrons. The fourth-order valence-corrected chi connectivity index (χ4v) is 3.53. The van der Waals surface area contributed by atoms with Crippen molar-refractivity contribution >= 4 is 11.8 Å². The fraction of sp³-hybridized carbons (Fsp3) is 0.259. The Bertz CT molecular complexity index is 917. The van der Waals surface area contributed by atoms with Crippen molar-refractivity contribution in [3.8, 4) is 0 Å². The highest BCUT2D eigenvalue weighted by molar-refractivity contribution is 5.92. The molecular formula is C27H30N2O2. The molecule has 0 aliphatic carbocycles. The summed E-state index contributed by atoms with van der Waals surface area (Å²) in [4.78, 5) is 26.5. The molecule has 160 valence electrons. The Labute approximate surface area is 184 Å². The zero-order valence-corrected chi connectivity index (χ0v) is 18.1. The van der Waals surface area contributed by atoms with E-state index in [2.05, 4.69) is 10.6 Å². The summed E-state index contributed by atoms with van der Waals surface area (Å²) in [7, 11) is 0. The van der Waals surface area contributed by atoms with Gasteiger partial charge in [0, 0.05) is 13.0 Å². The van der Waals surface area contributed by atoms with Crippen LogP contribution in [0.5, 0.6) is 0 Å². The van der Waals surface area contributed by atoms with E-state index in [0.717, 1.165) is 16.7 Å². The Kier molecular flexibility index (Phi) is 7.99. The molecule has 31 heavy (non-hydrogen) atoms. The molecule has 4 heteroatoms. The van der Waals surface area contributed by atoms with Crippen LogP contribution in [-0.4, -0.2) is 24.4 Å². The second-order valence-electron chi connectivity index (χ2n) is 8.14. The third kappa shape index (κ3) is 6.54. The lowest BCUT2D eigenvalue weighted by Crippen LogP contribution is -2.50. The van der Waals surface area contributed by atoms with Gasteiger partial charge in [-0.1, -0.05) is 105 Å². The van der Waals surface area contributed by atoms with Crippen molar-refractivity contribution in [2.75, 3.05) is 6.54 Å². The first kappa shape index (κ1) is 22.3. The van der Waals surface area contributed by atoms with E-state index in [1.165, 1.54) is 0 Å². The van der Waals surface area contributed by atoms with E-state index in [1.807, 2.05) is 105 Å². The Hall–Kier alpha value is -3.40. The van der Waals surface area contributed by atoms with Crippen molar-refractivity contribution in [3.05, 3.63) is 108 Å². The summed E-state index contributed by atoms with van der Waals surface area (Å²) in [6.45, 7) is 4.67. The molecule has 3 aromatic rings. The minimum absolute atomic E-state index is 0.161. The molecule has 0 heterocycles. The standard InChI is InChI=1S/C27H30N2O2/c1-20(2)19-28-26(30)24(18-21-12-6-3-7-13-21)29-27(31)25(22-14-8-4-9-15-22)23-16-10-5-11-17-23/h3-17,20,24-25H,18-19H2,1-2H3,(H,28,30)(H,29,31)/t24-/m0/s1. The maximum Gasteiger partial charge on any atom is 0.242 e. The maximum absolute atomic E-state index is 13.5. The van der Waals surface area contributed by atoms with Crippen molar-refractivity contribution in [2.45, 2.75) is 32.2 Å². The van der Waals surface area contributed by atoms with Crippen LogP contribution in [0.25, 0.3) is 0 Å². The third-order valence-corrected chi connectivity index (χ3v) is 5.13. The molecule has 4 nitrogen and oxygen atoms in total. The van der Waals surface area contributed by atoms with E-state index in [1.54, 1.807) is 0 Å². The van der Waals surface area contributed by atoms with E-state index >= 15 is 0 Å². The Morgan fingerprint density at radius 2 is 1.19 bits per heavy atom. The number of hydrogen-bond acceptors (Lipinski definition) is 2. The van der Waals surface area contributed by atoms with Gasteiger partial charge in [0.05, 0.1) is 5.92 Å². The largest absolute Gasteiger partial charge is 0.354 e. The van der Waals surface area contributed by atoms with Crippen molar-refractivity contribution < 1.29 is 9.59 Å². The lowest BCUT2D eigenvalue weighted by atomic mass is 9.90. The van der Waals surface area contributed by atoms with Gasteiger partial charge in [0.15, 0.2) is 0 Å². The molecule has 0 unspecified atom stereocenters. The SMILES string of the molecule is CC(C)CNC(=O)[C@H](Cc1ccccc1)NC(=O)C(c1ccccc1)c1ccccc1. The second-order valence-corrected chi connectivity index (χ2v) is 8.14. The van der Waals surface area contributed by atoms with Gasteiger partial charge in [-0.15, -0.1) is 0 Å². The summed E-state index contributed by atoms with van der Waals surface area (Å²) >= 11 is 0. The average Bonchev–Trinajstić information content (AvgIpc) is 2.79. The summed E-state index contributed by atoms with van der Waals surface area (Å²) in [6.07, 6.45) is 0.437. The van der Waals surface area contributed by atoms with Crippen LogP contribution in [0.1, 0.15) is 36.5 Å². The lowest BCUT2D eigenvalue weighted by Gasteiger charge is -2.23. The van der Waals surface area contributed by atoms with Crippen molar-refractivity contribution in [2.24, 2.45) is 5.92 Å². The first-order chi connectivity index (χ1) is 15.0. The van der Waals surface area contributed by atoms with Gasteiger partial charge < -0.3 is 10.6 Å². The fourth-order valence-electron chi connectivity index (χ4n) is 3.53. The molecule has 2 N–H and O–H groups in total. The zero-order chi connectivity index (χ0) is 22.1. The summed E-state index contributed by atoms with van der Waals surface area (Å²) in [5.74, 6) is -0.499. The quantitative estimate of drug-likeness (QED) is 0.548. The number of benzene rings is 3. The van der Waals surface area contributed by atoms with E-state index in [-0.39, 0.29) is 11.8 Å². The van der Waals surface area contributed by atoms with Crippen LogP contribution < -0.4 is 10.6 Å². The molecule has 2 amide bonds. The molecule has 0 saturated heterocycles. The first-order valence-electron chi connectivity index (χ1n) is 10.8. The first-order valence-corrected chi connectivity index (χ1v) is 10.8. The smallest absolute Gasteiger partial charge is 0.242 e. The van der Waals surface area contributed by atoms with E-state index in [9.17, 15) is 9.59 Å². The molecule has 0 fully saturated rings. The zero-order valence-electron chi connectivity index (χ0n) is 18.1. The number of carbonyl (C=O) groups is 2. The van der Waals surface area contributed by atoms with Crippen LogP contribution in [0.4, 0.5) is 0 Å². The highest BCUT2D eigenvalue weighted by atomic mass is 16.2. The Balaban J connectivity index is 1.86. The monoisotopic (exact) mass is 414 g/mol. The van der Waals surface area contributed by atoms with Crippen LogP contribution in [-0.2, 0) is 16.0 Å². The summed E-state index contributed by atoms with van der Waals surface area (Å²) in [5, 5.41) is 6.01. The van der Waals surface area contributed by atoms with Crippen LogP contribution >= 0.6 is 0 Å². The molecule has 3 aromatic carbocycles. The molecule has 0 aliphatic heterocycles. The number of amides is 2. The molecule has 1 atom stereocenters. The van der Waals surface area contributed by atoms with E-state index in [4.69, 9.17) is 0 Å². The van der Waals surface area contributed by atoms with Gasteiger partial charge in [0.25, 0.3) is 0 Å². The minimum Gasteiger partial charge on any atom is -0.354 e. The highest BCUT2D eigenvalue weighted by Gasteiger charge is 2.28. The Morgan fingerprint density at radius 1 is 0.710 bits per heavy atom. The summed E-state index contributed by atoms with van der Waals surface area (Å²) in [6, 6.07) is 28.5. The predicted octanol–water partition coefficient (Wildman–Crippen LogP) is 4.32. The molecule has 0 aromatic heterocycles. The molecule has 3 rings (SSSR count). The number of hydrogen-bond donors (Lipinski definition) is 2. The second kappa shape index (κ2) is 11.1. The van der Waals surface area contributed by atoms with Gasteiger partial charge in [0.1, 0.15) is 6.04 Å². The van der Waals surface area contributed by atoms with Crippen LogP contribution in [0.15, 0.2) is 91.0 Å². The minimum atomic E-state index is -0.649. The molecule has 0 aliphatic rings. The summed E-state index contributed by atoms with van der Waals surface area (Å²) < 4.78 is 0. The van der Waals surface area contributed by atoms with Crippen LogP contribution in [0.3, 0.4) is 0 Å². The van der Waals surface area contributed by atoms with Gasteiger partial charge in [-0.2, -0.15) is 0 Å². The van der Waals surface area contributed by atoms with Gasteiger partial charge in [0.2, 0.25) is 11.8 Å². The van der Waals surface area contributed by atoms with E-state index in [0.29, 0.717) is 18.9 Å². The predicted molar refractivity (Wildman–Crippen MR) is 125 cm³/mol. The van der Waals surface area contributed by atoms with Crippen molar-refractivity contribution in [3.63, 3.8) is 0 Å². The molecule has 0 spiro atoms.